The first-order valence-electron chi connectivity index (χ1n) is 6.31. The number of hydrogen-bond acceptors (Lipinski definition) is 5. The van der Waals surface area contributed by atoms with Crippen molar-refractivity contribution in [2.45, 2.75) is 13.3 Å². The minimum absolute atomic E-state index is 0.458. The number of aryl methyl sites for hydroxylation is 1. The SMILES string of the molecule is Cc1cccc(N)c1-c1nc(Cc2cccnc2)no1. The third kappa shape index (κ3) is 2.38. The fraction of sp³-hybridized carbons (Fsp3) is 0.133. The highest BCUT2D eigenvalue weighted by molar-refractivity contribution is 5.73. The van der Waals surface area contributed by atoms with Crippen LogP contribution in [0.3, 0.4) is 0 Å². The number of aromatic nitrogens is 3. The molecule has 2 heterocycles. The summed E-state index contributed by atoms with van der Waals surface area (Å²) < 4.78 is 5.32. The van der Waals surface area contributed by atoms with Crippen LogP contribution in [0, 0.1) is 6.92 Å². The Morgan fingerprint density at radius 1 is 1.20 bits per heavy atom. The lowest BCUT2D eigenvalue weighted by Gasteiger charge is -2.03. The topological polar surface area (TPSA) is 77.8 Å². The maximum atomic E-state index is 5.98. The summed E-state index contributed by atoms with van der Waals surface area (Å²) >= 11 is 0. The molecule has 3 aromatic rings. The van der Waals surface area contributed by atoms with Gasteiger partial charge >= 0.3 is 0 Å². The highest BCUT2D eigenvalue weighted by atomic mass is 16.5. The monoisotopic (exact) mass is 266 g/mol. The largest absolute Gasteiger partial charge is 0.398 e. The molecule has 0 saturated carbocycles. The van der Waals surface area contributed by atoms with Crippen LogP contribution in [0.2, 0.25) is 0 Å². The molecule has 1 aromatic carbocycles. The van der Waals surface area contributed by atoms with Gasteiger partial charge in [0.05, 0.1) is 5.56 Å². The summed E-state index contributed by atoms with van der Waals surface area (Å²) in [4.78, 5) is 8.48. The Morgan fingerprint density at radius 3 is 2.85 bits per heavy atom. The predicted octanol–water partition coefficient (Wildman–Crippen LogP) is 2.61. The number of anilines is 1. The van der Waals surface area contributed by atoms with Crippen molar-refractivity contribution in [2.75, 3.05) is 5.73 Å². The molecule has 0 saturated heterocycles. The average Bonchev–Trinajstić information content (AvgIpc) is 2.88. The van der Waals surface area contributed by atoms with Crippen LogP contribution in [0.15, 0.2) is 47.2 Å². The molecule has 0 aliphatic carbocycles. The summed E-state index contributed by atoms with van der Waals surface area (Å²) in [7, 11) is 0. The highest BCUT2D eigenvalue weighted by Gasteiger charge is 2.14. The van der Waals surface area contributed by atoms with Gasteiger partial charge < -0.3 is 10.3 Å². The summed E-state index contributed by atoms with van der Waals surface area (Å²) in [5.41, 5.74) is 9.48. The quantitative estimate of drug-likeness (QED) is 0.737. The van der Waals surface area contributed by atoms with Gasteiger partial charge in [0.1, 0.15) is 0 Å². The van der Waals surface area contributed by atoms with Crippen LogP contribution >= 0.6 is 0 Å². The second-order valence-corrected chi connectivity index (χ2v) is 4.59. The van der Waals surface area contributed by atoms with E-state index in [4.69, 9.17) is 10.3 Å². The van der Waals surface area contributed by atoms with Crippen molar-refractivity contribution in [1.82, 2.24) is 15.1 Å². The van der Waals surface area contributed by atoms with Gasteiger partial charge in [0, 0.05) is 24.5 Å². The molecular formula is C15H14N4O. The Labute approximate surface area is 116 Å². The van der Waals surface area contributed by atoms with E-state index in [9.17, 15) is 0 Å². The van der Waals surface area contributed by atoms with Crippen LogP contribution in [-0.2, 0) is 6.42 Å². The molecule has 0 radical (unpaired) electrons. The van der Waals surface area contributed by atoms with Crippen molar-refractivity contribution in [3.05, 3.63) is 59.7 Å². The maximum absolute atomic E-state index is 5.98. The number of nitrogen functional groups attached to an aromatic ring is 1. The molecule has 5 nitrogen and oxygen atoms in total. The van der Waals surface area contributed by atoms with Gasteiger partial charge in [0.15, 0.2) is 5.82 Å². The third-order valence-electron chi connectivity index (χ3n) is 3.07. The maximum Gasteiger partial charge on any atom is 0.260 e. The first-order valence-corrected chi connectivity index (χ1v) is 6.31. The molecule has 3 rings (SSSR count). The van der Waals surface area contributed by atoms with Crippen molar-refractivity contribution in [1.29, 1.82) is 0 Å². The Hall–Kier alpha value is -2.69. The van der Waals surface area contributed by atoms with Gasteiger partial charge in [-0.3, -0.25) is 4.98 Å². The van der Waals surface area contributed by atoms with E-state index < -0.39 is 0 Å². The van der Waals surface area contributed by atoms with Crippen LogP contribution in [0.4, 0.5) is 5.69 Å². The van der Waals surface area contributed by atoms with E-state index in [-0.39, 0.29) is 0 Å². The van der Waals surface area contributed by atoms with E-state index in [2.05, 4.69) is 15.1 Å². The molecular weight excluding hydrogens is 252 g/mol. The summed E-state index contributed by atoms with van der Waals surface area (Å²) in [5, 5.41) is 4.00. The summed E-state index contributed by atoms with van der Waals surface area (Å²) in [6.45, 7) is 1.97. The lowest BCUT2D eigenvalue weighted by molar-refractivity contribution is 0.424. The van der Waals surface area contributed by atoms with E-state index in [1.54, 1.807) is 12.4 Å². The van der Waals surface area contributed by atoms with E-state index in [0.717, 1.165) is 16.7 Å². The minimum Gasteiger partial charge on any atom is -0.398 e. The summed E-state index contributed by atoms with van der Waals surface area (Å²) in [5.74, 6) is 1.08. The van der Waals surface area contributed by atoms with Crippen molar-refractivity contribution in [3.8, 4) is 11.5 Å². The molecule has 0 atom stereocenters. The van der Waals surface area contributed by atoms with Gasteiger partial charge in [-0.1, -0.05) is 23.4 Å². The zero-order chi connectivity index (χ0) is 13.9. The molecule has 0 fully saturated rings. The number of rotatable bonds is 3. The Bertz CT molecular complexity index is 701. The standard InChI is InChI=1S/C15H14N4O/c1-10-4-2-6-12(16)14(10)15-18-13(19-20-15)8-11-5-3-7-17-9-11/h2-7,9H,8,16H2,1H3. The first kappa shape index (κ1) is 12.3. The Morgan fingerprint density at radius 2 is 2.10 bits per heavy atom. The van der Waals surface area contributed by atoms with Crippen LogP contribution in [0.1, 0.15) is 17.0 Å². The molecule has 0 aliphatic heterocycles. The van der Waals surface area contributed by atoms with Gasteiger partial charge in [-0.15, -0.1) is 0 Å². The van der Waals surface area contributed by atoms with Crippen LogP contribution in [-0.4, -0.2) is 15.1 Å². The van der Waals surface area contributed by atoms with E-state index >= 15 is 0 Å². The number of pyridine rings is 1. The number of nitrogens with zero attached hydrogens (tertiary/aromatic N) is 3. The van der Waals surface area contributed by atoms with Gasteiger partial charge in [-0.25, -0.2) is 0 Å². The zero-order valence-electron chi connectivity index (χ0n) is 11.1. The van der Waals surface area contributed by atoms with Gasteiger partial charge in [-0.05, 0) is 30.2 Å². The van der Waals surface area contributed by atoms with Crippen molar-refractivity contribution in [2.24, 2.45) is 0 Å². The van der Waals surface area contributed by atoms with Crippen molar-refractivity contribution >= 4 is 5.69 Å². The molecule has 20 heavy (non-hydrogen) atoms. The fourth-order valence-electron chi connectivity index (χ4n) is 2.10. The number of benzene rings is 1. The lowest BCUT2D eigenvalue weighted by atomic mass is 10.1. The smallest absolute Gasteiger partial charge is 0.260 e. The van der Waals surface area contributed by atoms with Gasteiger partial charge in [0.25, 0.3) is 5.89 Å². The fourth-order valence-corrected chi connectivity index (χ4v) is 2.10. The Balaban J connectivity index is 1.91. The summed E-state index contributed by atoms with van der Waals surface area (Å²) in [6.07, 6.45) is 4.11. The molecule has 0 aliphatic rings. The second-order valence-electron chi connectivity index (χ2n) is 4.59. The molecule has 100 valence electrons. The molecule has 0 amide bonds. The average molecular weight is 266 g/mol. The lowest BCUT2D eigenvalue weighted by Crippen LogP contribution is -1.94. The first-order chi connectivity index (χ1) is 9.74. The molecule has 5 heteroatoms. The molecule has 0 unspecified atom stereocenters. The summed E-state index contributed by atoms with van der Waals surface area (Å²) in [6, 6.07) is 9.56. The molecule has 2 aromatic heterocycles. The van der Waals surface area contributed by atoms with E-state index in [1.807, 2.05) is 37.3 Å². The normalized spacial score (nSPS) is 10.7. The predicted molar refractivity (Wildman–Crippen MR) is 75.9 cm³/mol. The van der Waals surface area contributed by atoms with Crippen LogP contribution in [0.5, 0.6) is 0 Å². The Kier molecular flexibility index (Phi) is 3.16. The minimum atomic E-state index is 0.458. The van der Waals surface area contributed by atoms with Gasteiger partial charge in [0.2, 0.25) is 0 Å². The molecule has 0 bridgehead atoms. The van der Waals surface area contributed by atoms with Crippen molar-refractivity contribution < 1.29 is 4.52 Å². The second kappa shape index (κ2) is 5.13. The van der Waals surface area contributed by atoms with E-state index in [1.165, 1.54) is 0 Å². The van der Waals surface area contributed by atoms with Crippen LogP contribution in [0.25, 0.3) is 11.5 Å². The zero-order valence-corrected chi connectivity index (χ0v) is 11.1. The van der Waals surface area contributed by atoms with Crippen molar-refractivity contribution in [3.63, 3.8) is 0 Å². The third-order valence-corrected chi connectivity index (χ3v) is 3.07. The van der Waals surface area contributed by atoms with Crippen LogP contribution < -0.4 is 5.73 Å². The van der Waals surface area contributed by atoms with Gasteiger partial charge in [-0.2, -0.15) is 4.98 Å². The molecule has 2 N–H and O–H groups in total. The molecule has 0 spiro atoms. The van der Waals surface area contributed by atoms with E-state index in [0.29, 0.717) is 23.8 Å². The highest BCUT2D eigenvalue weighted by Crippen LogP contribution is 2.27. The number of hydrogen-bond donors (Lipinski definition) is 1. The number of nitrogens with two attached hydrogens (primary N) is 1.